The van der Waals surface area contributed by atoms with Crippen molar-refractivity contribution in [3.8, 4) is 5.75 Å². The Bertz CT molecular complexity index is 976. The summed E-state index contributed by atoms with van der Waals surface area (Å²) < 4.78 is 32.5. The van der Waals surface area contributed by atoms with E-state index in [1.807, 2.05) is 24.3 Å². The van der Waals surface area contributed by atoms with E-state index in [9.17, 15) is 13.2 Å². The zero-order valence-corrected chi connectivity index (χ0v) is 18.5. The second-order valence-electron chi connectivity index (χ2n) is 7.64. The van der Waals surface area contributed by atoms with Crippen LogP contribution in [0.5, 0.6) is 5.75 Å². The van der Waals surface area contributed by atoms with Crippen LogP contribution in [0.1, 0.15) is 20.8 Å². The van der Waals surface area contributed by atoms with Gasteiger partial charge in [-0.15, -0.1) is 10.2 Å². The number of carbonyl (C=O) groups is 1. The van der Waals surface area contributed by atoms with Crippen LogP contribution in [0.15, 0.2) is 28.6 Å². The number of anilines is 2. The van der Waals surface area contributed by atoms with Gasteiger partial charge in [-0.1, -0.05) is 44.2 Å². The Labute approximate surface area is 174 Å². The number of nitrogens with zero attached hydrogens (tertiary/aromatic N) is 4. The molecule has 1 aromatic carbocycles. The van der Waals surface area contributed by atoms with Gasteiger partial charge in [-0.25, -0.2) is 8.42 Å². The molecule has 1 amide bonds. The van der Waals surface area contributed by atoms with Crippen molar-refractivity contribution < 1.29 is 17.9 Å². The molecule has 1 saturated heterocycles. The van der Waals surface area contributed by atoms with Crippen LogP contribution in [0.2, 0.25) is 0 Å². The minimum absolute atomic E-state index is 0.118. The quantitative estimate of drug-likeness (QED) is 0.711. The summed E-state index contributed by atoms with van der Waals surface area (Å²) in [4.78, 5) is 14.2. The van der Waals surface area contributed by atoms with Crippen molar-refractivity contribution in [1.29, 1.82) is 0 Å². The molecule has 0 bridgehead atoms. The van der Waals surface area contributed by atoms with Gasteiger partial charge in [-0.3, -0.25) is 4.79 Å². The van der Waals surface area contributed by atoms with E-state index in [1.54, 1.807) is 27.9 Å². The van der Waals surface area contributed by atoms with Gasteiger partial charge >= 0.3 is 0 Å². The fraction of sp³-hybridized carbons (Fsp3) is 0.500. The molecule has 2 heterocycles. The number of hydrogen-bond acceptors (Lipinski definition) is 8. The second kappa shape index (κ2) is 8.25. The van der Waals surface area contributed by atoms with Gasteiger partial charge in [0.25, 0.3) is 10.0 Å². The van der Waals surface area contributed by atoms with Crippen LogP contribution in [0, 0.1) is 5.41 Å². The molecular formula is C18H25N5O4S2. The zero-order chi connectivity index (χ0) is 21.2. The van der Waals surface area contributed by atoms with Gasteiger partial charge in [-0.05, 0) is 12.1 Å². The van der Waals surface area contributed by atoms with Crippen LogP contribution in [0.4, 0.5) is 10.8 Å². The molecular weight excluding hydrogens is 414 g/mol. The molecule has 0 saturated carbocycles. The van der Waals surface area contributed by atoms with E-state index >= 15 is 0 Å². The number of piperazine rings is 1. The van der Waals surface area contributed by atoms with Crippen molar-refractivity contribution in [1.82, 2.24) is 14.5 Å². The molecule has 0 atom stereocenters. The van der Waals surface area contributed by atoms with Crippen LogP contribution in [-0.2, 0) is 14.8 Å². The van der Waals surface area contributed by atoms with Crippen LogP contribution in [-0.4, -0.2) is 62.1 Å². The van der Waals surface area contributed by atoms with Crippen molar-refractivity contribution in [2.75, 3.05) is 43.5 Å². The lowest BCUT2D eigenvalue weighted by Gasteiger charge is -2.35. The normalized spacial score (nSPS) is 15.9. The van der Waals surface area contributed by atoms with E-state index in [-0.39, 0.29) is 15.4 Å². The fourth-order valence-corrected chi connectivity index (χ4v) is 5.28. The summed E-state index contributed by atoms with van der Waals surface area (Å²) in [5.74, 6) is 0.509. The van der Waals surface area contributed by atoms with E-state index in [4.69, 9.17) is 4.74 Å². The summed E-state index contributed by atoms with van der Waals surface area (Å²) in [6.07, 6.45) is 0. The number of para-hydroxylation sites is 2. The Kier molecular flexibility index (Phi) is 6.11. The maximum Gasteiger partial charge on any atom is 0.272 e. The van der Waals surface area contributed by atoms with Crippen LogP contribution in [0.3, 0.4) is 0 Å². The highest BCUT2D eigenvalue weighted by atomic mass is 32.2. The van der Waals surface area contributed by atoms with Crippen molar-refractivity contribution in [2.24, 2.45) is 5.41 Å². The van der Waals surface area contributed by atoms with E-state index in [0.29, 0.717) is 26.2 Å². The number of sulfonamides is 1. The Morgan fingerprint density at radius 1 is 1.14 bits per heavy atom. The molecule has 0 aliphatic carbocycles. The Balaban J connectivity index is 1.68. The highest BCUT2D eigenvalue weighted by Crippen LogP contribution is 2.30. The summed E-state index contributed by atoms with van der Waals surface area (Å²) >= 11 is 0.864. The molecule has 9 nitrogen and oxygen atoms in total. The van der Waals surface area contributed by atoms with Crippen LogP contribution < -0.4 is 15.0 Å². The molecule has 3 rings (SSSR count). The van der Waals surface area contributed by atoms with Gasteiger partial charge in [0.05, 0.1) is 12.8 Å². The molecule has 0 spiro atoms. The van der Waals surface area contributed by atoms with Crippen molar-refractivity contribution in [3.05, 3.63) is 24.3 Å². The molecule has 158 valence electrons. The average molecular weight is 440 g/mol. The smallest absolute Gasteiger partial charge is 0.272 e. The van der Waals surface area contributed by atoms with Gasteiger partial charge in [0, 0.05) is 31.6 Å². The van der Waals surface area contributed by atoms with Gasteiger partial charge in [0.15, 0.2) is 0 Å². The number of carbonyl (C=O) groups excluding carboxylic acids is 1. The lowest BCUT2D eigenvalue weighted by molar-refractivity contribution is -0.123. The number of methoxy groups -OCH3 is 1. The van der Waals surface area contributed by atoms with E-state index in [2.05, 4.69) is 20.4 Å². The molecule has 11 heteroatoms. The zero-order valence-electron chi connectivity index (χ0n) is 16.9. The first-order valence-corrected chi connectivity index (χ1v) is 11.4. The highest BCUT2D eigenvalue weighted by Gasteiger charge is 2.33. The monoisotopic (exact) mass is 439 g/mol. The van der Waals surface area contributed by atoms with Crippen LogP contribution in [0.25, 0.3) is 0 Å². The maximum absolute atomic E-state index is 12.9. The maximum atomic E-state index is 12.9. The lowest BCUT2D eigenvalue weighted by atomic mass is 9.96. The topological polar surface area (TPSA) is 105 Å². The van der Waals surface area contributed by atoms with Gasteiger partial charge in [0.2, 0.25) is 15.4 Å². The minimum atomic E-state index is -3.76. The Morgan fingerprint density at radius 3 is 2.41 bits per heavy atom. The third kappa shape index (κ3) is 4.68. The van der Waals surface area contributed by atoms with Crippen LogP contribution >= 0.6 is 11.3 Å². The molecule has 1 N–H and O–H groups in total. The SMILES string of the molecule is COc1ccccc1N1CCN(S(=O)(=O)c2nnc(NC(=O)C(C)(C)C)s2)CC1. The Hall–Kier alpha value is -2.24. The number of aromatic nitrogens is 2. The minimum Gasteiger partial charge on any atom is -0.495 e. The summed E-state index contributed by atoms with van der Waals surface area (Å²) in [6, 6.07) is 7.66. The third-order valence-electron chi connectivity index (χ3n) is 4.53. The molecule has 0 radical (unpaired) electrons. The number of benzene rings is 1. The first-order valence-electron chi connectivity index (χ1n) is 9.16. The molecule has 0 unspecified atom stereocenters. The average Bonchev–Trinajstić information content (AvgIpc) is 3.16. The largest absolute Gasteiger partial charge is 0.495 e. The predicted octanol–water partition coefficient (Wildman–Crippen LogP) is 2.04. The van der Waals surface area contributed by atoms with Gasteiger partial charge in [0.1, 0.15) is 5.75 Å². The van der Waals surface area contributed by atoms with E-state index in [0.717, 1.165) is 22.8 Å². The number of rotatable bonds is 5. The van der Waals surface area contributed by atoms with Crippen molar-refractivity contribution >= 4 is 38.1 Å². The molecule has 2 aromatic rings. The number of amides is 1. The second-order valence-corrected chi connectivity index (χ2v) is 10.7. The summed E-state index contributed by atoms with van der Waals surface area (Å²) in [7, 11) is -2.15. The Morgan fingerprint density at radius 2 is 1.79 bits per heavy atom. The molecule has 1 aromatic heterocycles. The summed E-state index contributed by atoms with van der Waals surface area (Å²) in [5, 5.41) is 10.4. The fourth-order valence-electron chi connectivity index (χ4n) is 2.82. The highest BCUT2D eigenvalue weighted by molar-refractivity contribution is 7.91. The number of ether oxygens (including phenoxy) is 1. The molecule has 1 aliphatic heterocycles. The lowest BCUT2D eigenvalue weighted by Crippen LogP contribution is -2.48. The molecule has 29 heavy (non-hydrogen) atoms. The van der Waals surface area contributed by atoms with Crippen molar-refractivity contribution in [2.45, 2.75) is 25.1 Å². The van der Waals surface area contributed by atoms with E-state index in [1.165, 1.54) is 4.31 Å². The molecule has 1 fully saturated rings. The predicted molar refractivity (Wildman–Crippen MR) is 112 cm³/mol. The van der Waals surface area contributed by atoms with Crippen molar-refractivity contribution in [3.63, 3.8) is 0 Å². The summed E-state index contributed by atoms with van der Waals surface area (Å²) in [6.45, 7) is 7.01. The standard InChI is InChI=1S/C18H25N5O4S2/c1-18(2,3)15(24)19-16-20-21-17(28-16)29(25,26)23-11-9-22(10-12-23)13-7-5-6-8-14(13)27-4/h5-8H,9-12H2,1-4H3,(H,19,20,24). The van der Waals surface area contributed by atoms with E-state index < -0.39 is 15.4 Å². The van der Waals surface area contributed by atoms with Gasteiger partial charge in [-0.2, -0.15) is 4.31 Å². The summed E-state index contributed by atoms with van der Waals surface area (Å²) in [5.41, 5.74) is 0.328. The first kappa shape index (κ1) is 21.5. The van der Waals surface area contributed by atoms with Gasteiger partial charge < -0.3 is 15.0 Å². The first-order chi connectivity index (χ1) is 13.6. The number of nitrogens with one attached hydrogen (secondary N) is 1. The number of hydrogen-bond donors (Lipinski definition) is 1. The third-order valence-corrected chi connectivity index (χ3v) is 7.62. The molecule has 1 aliphatic rings.